The number of carbonyl (C=O) groups is 2. The van der Waals surface area contributed by atoms with Gasteiger partial charge in [-0.05, 0) is 61.4 Å². The maximum Gasteiger partial charge on any atom is 0.261 e. The van der Waals surface area contributed by atoms with E-state index in [-0.39, 0.29) is 17.9 Å². The van der Waals surface area contributed by atoms with Gasteiger partial charge in [0.1, 0.15) is 0 Å². The van der Waals surface area contributed by atoms with Gasteiger partial charge in [-0.3, -0.25) is 24.2 Å². The Hall–Kier alpha value is -3.91. The number of carbonyl (C=O) groups excluding carboxylic acids is 2. The molecule has 3 fully saturated rings. The van der Waals surface area contributed by atoms with Gasteiger partial charge in [0.05, 0.1) is 45.8 Å². The molecule has 2 amide bonds. The highest BCUT2D eigenvalue weighted by Crippen LogP contribution is 2.46. The number of rotatable bonds is 6. The molecule has 190 valence electrons. The summed E-state index contributed by atoms with van der Waals surface area (Å²) >= 11 is 0. The average Bonchev–Trinajstić information content (AvgIpc) is 3.59. The molecule has 0 atom stereocenters. The molecule has 0 spiro atoms. The van der Waals surface area contributed by atoms with Crippen LogP contribution in [0.2, 0.25) is 0 Å². The summed E-state index contributed by atoms with van der Waals surface area (Å²) in [6.45, 7) is 2.53. The Labute approximate surface area is 220 Å². The first-order valence-corrected chi connectivity index (χ1v) is 13.6. The summed E-state index contributed by atoms with van der Waals surface area (Å²) in [7, 11) is 0. The third-order valence-corrected chi connectivity index (χ3v) is 8.72. The molecule has 2 saturated carbocycles. The number of hydrogen-bond acceptors (Lipinski definition) is 6. The Morgan fingerprint density at radius 2 is 1.66 bits per heavy atom. The molecule has 2 aromatic carbocycles. The topological polar surface area (TPSA) is 93.0 Å². The second-order valence-electron chi connectivity index (χ2n) is 11.3. The van der Waals surface area contributed by atoms with E-state index >= 15 is 0 Å². The van der Waals surface area contributed by atoms with Crippen LogP contribution in [0.15, 0.2) is 54.9 Å². The fourth-order valence-electron chi connectivity index (χ4n) is 6.11. The van der Waals surface area contributed by atoms with E-state index in [9.17, 15) is 9.59 Å². The van der Waals surface area contributed by atoms with Crippen molar-refractivity contribution in [2.75, 3.05) is 19.6 Å². The third-order valence-electron chi connectivity index (χ3n) is 8.72. The summed E-state index contributed by atoms with van der Waals surface area (Å²) in [6, 6.07) is 13.8. The second-order valence-corrected chi connectivity index (χ2v) is 11.3. The van der Waals surface area contributed by atoms with Crippen molar-refractivity contribution < 1.29 is 9.59 Å². The van der Waals surface area contributed by atoms with E-state index in [1.165, 1.54) is 10.5 Å². The van der Waals surface area contributed by atoms with Gasteiger partial charge >= 0.3 is 0 Å². The van der Waals surface area contributed by atoms with Crippen LogP contribution >= 0.6 is 0 Å². The molecular weight excluding hydrogens is 476 g/mol. The molecule has 8 heteroatoms. The Morgan fingerprint density at radius 3 is 2.34 bits per heavy atom. The lowest BCUT2D eigenvalue weighted by atomic mass is 9.80. The van der Waals surface area contributed by atoms with E-state index in [4.69, 9.17) is 15.1 Å². The maximum atomic E-state index is 12.8. The molecule has 8 rings (SSSR count). The zero-order valence-corrected chi connectivity index (χ0v) is 21.0. The largest absolute Gasteiger partial charge is 0.315 e. The molecule has 0 bridgehead atoms. The number of aromatic nitrogens is 4. The van der Waals surface area contributed by atoms with Gasteiger partial charge in [-0.2, -0.15) is 5.10 Å². The first kappa shape index (κ1) is 22.1. The van der Waals surface area contributed by atoms with Gasteiger partial charge in [-0.1, -0.05) is 18.2 Å². The molecule has 0 unspecified atom stereocenters. The van der Waals surface area contributed by atoms with E-state index in [1.807, 2.05) is 18.3 Å². The van der Waals surface area contributed by atoms with Crippen molar-refractivity contribution >= 4 is 22.8 Å². The number of imide groups is 1. The van der Waals surface area contributed by atoms with Crippen molar-refractivity contribution in [3.63, 3.8) is 0 Å². The van der Waals surface area contributed by atoms with Crippen molar-refractivity contribution in [3.8, 4) is 11.3 Å². The standard InChI is InChI=1S/C30H28N6O2/c37-29-22-3-1-2-4-23(22)30(38)35(29)15-17-9-21(10-17)36-16-24(28(34-36)18-5-6-18)27-14-32-26-11-19(20-12-31-13-20)7-8-25(26)33-27/h1-4,7-8,11,14,16-18,20-21,31H,5-6,9-10,12-13,15H2/t17-,21-. The zero-order valence-electron chi connectivity index (χ0n) is 21.0. The molecule has 4 heterocycles. The number of hydrogen-bond donors (Lipinski definition) is 1. The summed E-state index contributed by atoms with van der Waals surface area (Å²) in [4.78, 5) is 36.7. The van der Waals surface area contributed by atoms with E-state index in [0.29, 0.717) is 35.4 Å². The summed E-state index contributed by atoms with van der Waals surface area (Å²) in [6.07, 6.45) is 8.17. The van der Waals surface area contributed by atoms with Gasteiger partial charge in [0, 0.05) is 43.2 Å². The summed E-state index contributed by atoms with van der Waals surface area (Å²) in [5, 5.41) is 8.36. The first-order valence-electron chi connectivity index (χ1n) is 13.6. The van der Waals surface area contributed by atoms with Crippen LogP contribution in [0.3, 0.4) is 0 Å². The molecule has 2 aliphatic carbocycles. The number of nitrogens with zero attached hydrogens (tertiary/aromatic N) is 5. The summed E-state index contributed by atoms with van der Waals surface area (Å²) < 4.78 is 2.10. The number of amides is 2. The van der Waals surface area contributed by atoms with Crippen molar-refractivity contribution in [1.82, 2.24) is 30.0 Å². The lowest BCUT2D eigenvalue weighted by Crippen LogP contribution is -2.40. The summed E-state index contributed by atoms with van der Waals surface area (Å²) in [5.74, 6) is 1.02. The van der Waals surface area contributed by atoms with Gasteiger partial charge in [0.2, 0.25) is 0 Å². The molecule has 1 N–H and O–H groups in total. The van der Waals surface area contributed by atoms with Crippen LogP contribution in [0.25, 0.3) is 22.3 Å². The van der Waals surface area contributed by atoms with Crippen LogP contribution in [0.5, 0.6) is 0 Å². The molecule has 4 aliphatic rings. The minimum Gasteiger partial charge on any atom is -0.315 e. The Balaban J connectivity index is 1.01. The van der Waals surface area contributed by atoms with Crippen LogP contribution in [-0.4, -0.2) is 56.1 Å². The molecular formula is C30H28N6O2. The zero-order chi connectivity index (χ0) is 25.4. The predicted molar refractivity (Wildman–Crippen MR) is 142 cm³/mol. The second kappa shape index (κ2) is 8.30. The Bertz CT molecular complexity index is 1580. The van der Waals surface area contributed by atoms with Gasteiger partial charge in [0.25, 0.3) is 11.8 Å². The molecule has 0 radical (unpaired) electrons. The van der Waals surface area contributed by atoms with E-state index in [2.05, 4.69) is 34.4 Å². The molecule has 8 nitrogen and oxygen atoms in total. The van der Waals surface area contributed by atoms with E-state index < -0.39 is 0 Å². The molecule has 38 heavy (non-hydrogen) atoms. The maximum absolute atomic E-state index is 12.8. The lowest BCUT2D eigenvalue weighted by molar-refractivity contribution is 0.0561. The SMILES string of the molecule is O=C1c2ccccc2C(=O)N1C[C@H]1C[C@H](n2cc(-c3cnc4cc(C5CNC5)ccc4n3)c(C3CC3)n2)C1. The Kier molecular flexibility index (Phi) is 4.83. The highest BCUT2D eigenvalue weighted by Gasteiger charge is 2.41. The average molecular weight is 505 g/mol. The highest BCUT2D eigenvalue weighted by molar-refractivity contribution is 6.21. The quantitative estimate of drug-likeness (QED) is 0.394. The van der Waals surface area contributed by atoms with Crippen molar-refractivity contribution in [2.45, 2.75) is 43.6 Å². The number of nitrogens with one attached hydrogen (secondary N) is 1. The molecule has 2 aromatic heterocycles. The fraction of sp³-hybridized carbons (Fsp3) is 0.367. The lowest BCUT2D eigenvalue weighted by Gasteiger charge is -2.37. The summed E-state index contributed by atoms with van der Waals surface area (Å²) in [5.41, 5.74) is 7.30. The van der Waals surface area contributed by atoms with Crippen molar-refractivity contribution in [2.24, 2.45) is 5.92 Å². The minimum absolute atomic E-state index is 0.169. The number of benzene rings is 2. The van der Waals surface area contributed by atoms with Crippen LogP contribution in [0.1, 0.15) is 75.5 Å². The van der Waals surface area contributed by atoms with Crippen LogP contribution in [0, 0.1) is 5.92 Å². The Morgan fingerprint density at radius 1 is 0.895 bits per heavy atom. The minimum atomic E-state index is -0.169. The molecule has 4 aromatic rings. The first-order chi connectivity index (χ1) is 18.6. The smallest absolute Gasteiger partial charge is 0.261 e. The normalized spacial score (nSPS) is 23.0. The van der Waals surface area contributed by atoms with Crippen LogP contribution in [-0.2, 0) is 0 Å². The molecule has 1 saturated heterocycles. The van der Waals surface area contributed by atoms with E-state index in [1.54, 1.807) is 12.1 Å². The van der Waals surface area contributed by atoms with Gasteiger partial charge < -0.3 is 5.32 Å². The van der Waals surface area contributed by atoms with Crippen molar-refractivity contribution in [1.29, 1.82) is 0 Å². The molecule has 2 aliphatic heterocycles. The third kappa shape index (κ3) is 3.50. The van der Waals surface area contributed by atoms with Crippen LogP contribution < -0.4 is 5.32 Å². The monoisotopic (exact) mass is 504 g/mol. The van der Waals surface area contributed by atoms with Crippen molar-refractivity contribution in [3.05, 3.63) is 77.2 Å². The fourth-order valence-corrected chi connectivity index (χ4v) is 6.11. The van der Waals surface area contributed by atoms with Crippen LogP contribution in [0.4, 0.5) is 0 Å². The predicted octanol–water partition coefficient (Wildman–Crippen LogP) is 4.30. The highest BCUT2D eigenvalue weighted by atomic mass is 16.2. The van der Waals surface area contributed by atoms with Gasteiger partial charge in [0.15, 0.2) is 0 Å². The number of fused-ring (bicyclic) bond motifs is 2. The van der Waals surface area contributed by atoms with Gasteiger partial charge in [-0.25, -0.2) is 4.98 Å². The van der Waals surface area contributed by atoms with Gasteiger partial charge in [-0.15, -0.1) is 0 Å². The van der Waals surface area contributed by atoms with E-state index in [0.717, 1.165) is 66.8 Å².